The standard InChI is InChI=1S/C19H32N2/c1-4-16(2)19-14-20-17(3)15-21(19)13-9-8-12-18-10-6-5-7-11-18/h5-7,10-11,16-17,19-20H,4,8-9,12-15H2,1-3H3. The lowest BCUT2D eigenvalue weighted by atomic mass is 9.94. The lowest BCUT2D eigenvalue weighted by Crippen LogP contribution is -2.57. The Morgan fingerprint density at radius 3 is 2.71 bits per heavy atom. The molecule has 0 bridgehead atoms. The third-order valence-corrected chi connectivity index (χ3v) is 4.96. The second-order valence-electron chi connectivity index (χ2n) is 6.70. The highest BCUT2D eigenvalue weighted by Gasteiger charge is 2.28. The molecule has 0 saturated carbocycles. The highest BCUT2D eigenvalue weighted by atomic mass is 15.2. The summed E-state index contributed by atoms with van der Waals surface area (Å²) >= 11 is 0. The molecule has 1 fully saturated rings. The van der Waals surface area contributed by atoms with Crippen LogP contribution in [0.5, 0.6) is 0 Å². The minimum atomic E-state index is 0.638. The van der Waals surface area contributed by atoms with Crippen LogP contribution < -0.4 is 5.32 Å². The molecule has 1 aromatic carbocycles. The smallest absolute Gasteiger partial charge is 0.0246 e. The van der Waals surface area contributed by atoms with Crippen LogP contribution in [-0.2, 0) is 6.42 Å². The molecule has 1 saturated heterocycles. The molecule has 1 N–H and O–H groups in total. The lowest BCUT2D eigenvalue weighted by Gasteiger charge is -2.42. The number of nitrogens with zero attached hydrogens (tertiary/aromatic N) is 1. The maximum Gasteiger partial charge on any atom is 0.0246 e. The lowest BCUT2D eigenvalue weighted by molar-refractivity contribution is 0.0939. The number of benzene rings is 1. The van der Waals surface area contributed by atoms with Crippen LogP contribution in [0.25, 0.3) is 0 Å². The van der Waals surface area contributed by atoms with Crippen molar-refractivity contribution in [2.45, 2.75) is 58.5 Å². The quantitative estimate of drug-likeness (QED) is 0.769. The Morgan fingerprint density at radius 2 is 2.00 bits per heavy atom. The summed E-state index contributed by atoms with van der Waals surface area (Å²) in [7, 11) is 0. The molecule has 3 atom stereocenters. The second kappa shape index (κ2) is 8.55. The Kier molecular flexibility index (Phi) is 6.72. The number of rotatable bonds is 7. The molecule has 1 aliphatic rings. The molecule has 2 heteroatoms. The van der Waals surface area contributed by atoms with Crippen LogP contribution >= 0.6 is 0 Å². The van der Waals surface area contributed by atoms with Crippen LogP contribution in [0.15, 0.2) is 30.3 Å². The van der Waals surface area contributed by atoms with Gasteiger partial charge in [0.15, 0.2) is 0 Å². The number of hydrogen-bond donors (Lipinski definition) is 1. The van der Waals surface area contributed by atoms with Crippen molar-refractivity contribution in [2.24, 2.45) is 5.92 Å². The van der Waals surface area contributed by atoms with Crippen LogP contribution in [-0.4, -0.2) is 36.6 Å². The van der Waals surface area contributed by atoms with Gasteiger partial charge in [0.2, 0.25) is 0 Å². The minimum Gasteiger partial charge on any atom is -0.311 e. The first kappa shape index (κ1) is 16.5. The zero-order valence-electron chi connectivity index (χ0n) is 14.0. The average Bonchev–Trinajstić information content (AvgIpc) is 2.52. The Balaban J connectivity index is 1.76. The largest absolute Gasteiger partial charge is 0.311 e. The maximum absolute atomic E-state index is 3.65. The van der Waals surface area contributed by atoms with E-state index in [0.29, 0.717) is 6.04 Å². The number of nitrogens with one attached hydrogen (secondary N) is 1. The third kappa shape index (κ3) is 5.12. The van der Waals surface area contributed by atoms with E-state index in [9.17, 15) is 0 Å². The van der Waals surface area contributed by atoms with Gasteiger partial charge in [-0.3, -0.25) is 4.90 Å². The molecule has 1 aliphatic heterocycles. The van der Waals surface area contributed by atoms with Crippen molar-refractivity contribution in [1.29, 1.82) is 0 Å². The van der Waals surface area contributed by atoms with Crippen molar-refractivity contribution < 1.29 is 0 Å². The molecule has 2 nitrogen and oxygen atoms in total. The van der Waals surface area contributed by atoms with Crippen molar-refractivity contribution in [3.63, 3.8) is 0 Å². The molecule has 0 amide bonds. The summed E-state index contributed by atoms with van der Waals surface area (Å²) in [5, 5.41) is 3.65. The maximum atomic E-state index is 3.65. The van der Waals surface area contributed by atoms with Crippen LogP contribution in [0, 0.1) is 5.92 Å². The minimum absolute atomic E-state index is 0.638. The van der Waals surface area contributed by atoms with Gasteiger partial charge in [0.1, 0.15) is 0 Å². The zero-order chi connectivity index (χ0) is 15.1. The highest BCUT2D eigenvalue weighted by Crippen LogP contribution is 2.19. The van der Waals surface area contributed by atoms with E-state index in [1.807, 2.05) is 0 Å². The van der Waals surface area contributed by atoms with Gasteiger partial charge in [-0.25, -0.2) is 0 Å². The van der Waals surface area contributed by atoms with Crippen LogP contribution in [0.2, 0.25) is 0 Å². The fraction of sp³-hybridized carbons (Fsp3) is 0.684. The van der Waals surface area contributed by atoms with Crippen LogP contribution in [0.1, 0.15) is 45.6 Å². The highest BCUT2D eigenvalue weighted by molar-refractivity contribution is 5.14. The molecule has 0 aromatic heterocycles. The van der Waals surface area contributed by atoms with Gasteiger partial charge >= 0.3 is 0 Å². The van der Waals surface area contributed by atoms with Gasteiger partial charge < -0.3 is 5.32 Å². The van der Waals surface area contributed by atoms with Gasteiger partial charge in [0.05, 0.1) is 0 Å². The normalized spacial score (nSPS) is 24.9. The van der Waals surface area contributed by atoms with Crippen LogP contribution in [0.3, 0.4) is 0 Å². The predicted molar refractivity (Wildman–Crippen MR) is 91.7 cm³/mol. The van der Waals surface area contributed by atoms with Gasteiger partial charge in [0.25, 0.3) is 0 Å². The monoisotopic (exact) mass is 288 g/mol. The Hall–Kier alpha value is -0.860. The molecule has 118 valence electrons. The van der Waals surface area contributed by atoms with Gasteiger partial charge in [-0.15, -0.1) is 0 Å². The molecule has 1 heterocycles. The van der Waals surface area contributed by atoms with E-state index in [4.69, 9.17) is 0 Å². The Labute approximate surface area is 130 Å². The Morgan fingerprint density at radius 1 is 1.24 bits per heavy atom. The van der Waals surface area contributed by atoms with Gasteiger partial charge in [-0.05, 0) is 44.2 Å². The molecule has 21 heavy (non-hydrogen) atoms. The first-order valence-corrected chi connectivity index (χ1v) is 8.72. The summed E-state index contributed by atoms with van der Waals surface area (Å²) < 4.78 is 0. The topological polar surface area (TPSA) is 15.3 Å². The predicted octanol–water partition coefficient (Wildman–Crippen LogP) is 3.72. The first-order chi connectivity index (χ1) is 10.2. The molecular weight excluding hydrogens is 256 g/mol. The van der Waals surface area contributed by atoms with Crippen molar-refractivity contribution >= 4 is 0 Å². The third-order valence-electron chi connectivity index (χ3n) is 4.96. The van der Waals surface area contributed by atoms with E-state index in [2.05, 4.69) is 61.3 Å². The summed E-state index contributed by atoms with van der Waals surface area (Å²) in [6.45, 7) is 10.7. The number of unbranched alkanes of at least 4 members (excludes halogenated alkanes) is 1. The molecule has 2 rings (SSSR count). The van der Waals surface area contributed by atoms with Gasteiger partial charge in [0, 0.05) is 25.2 Å². The van der Waals surface area contributed by atoms with E-state index in [1.54, 1.807) is 0 Å². The average molecular weight is 288 g/mol. The summed E-state index contributed by atoms with van der Waals surface area (Å²) in [6.07, 6.45) is 5.11. The first-order valence-electron chi connectivity index (χ1n) is 8.72. The zero-order valence-corrected chi connectivity index (χ0v) is 14.0. The molecule has 3 unspecified atom stereocenters. The molecule has 0 radical (unpaired) electrons. The van der Waals surface area contributed by atoms with E-state index in [-0.39, 0.29) is 0 Å². The van der Waals surface area contributed by atoms with E-state index in [0.717, 1.165) is 18.5 Å². The fourth-order valence-electron chi connectivity index (χ4n) is 3.38. The molecule has 1 aromatic rings. The second-order valence-corrected chi connectivity index (χ2v) is 6.70. The Bertz CT molecular complexity index is 390. The van der Waals surface area contributed by atoms with E-state index >= 15 is 0 Å². The van der Waals surface area contributed by atoms with Crippen molar-refractivity contribution in [3.8, 4) is 0 Å². The van der Waals surface area contributed by atoms with Crippen molar-refractivity contribution in [1.82, 2.24) is 10.2 Å². The summed E-state index contributed by atoms with van der Waals surface area (Å²) in [5.74, 6) is 0.791. The fourth-order valence-corrected chi connectivity index (χ4v) is 3.38. The molecule has 0 spiro atoms. The molecular formula is C19H32N2. The van der Waals surface area contributed by atoms with Gasteiger partial charge in [-0.2, -0.15) is 0 Å². The van der Waals surface area contributed by atoms with Crippen molar-refractivity contribution in [2.75, 3.05) is 19.6 Å². The number of hydrogen-bond acceptors (Lipinski definition) is 2. The van der Waals surface area contributed by atoms with Gasteiger partial charge in [-0.1, -0.05) is 50.6 Å². The van der Waals surface area contributed by atoms with E-state index < -0.39 is 0 Å². The summed E-state index contributed by atoms with van der Waals surface area (Å²) in [6, 6.07) is 12.2. The number of piperazine rings is 1. The van der Waals surface area contributed by atoms with Crippen LogP contribution in [0.4, 0.5) is 0 Å². The molecule has 0 aliphatic carbocycles. The SMILES string of the molecule is CCC(C)C1CNC(C)CN1CCCCc1ccccc1. The van der Waals surface area contributed by atoms with Crippen molar-refractivity contribution in [3.05, 3.63) is 35.9 Å². The van der Waals surface area contributed by atoms with E-state index in [1.165, 1.54) is 44.3 Å². The summed E-state index contributed by atoms with van der Waals surface area (Å²) in [4.78, 5) is 2.74. The number of aryl methyl sites for hydroxylation is 1. The summed E-state index contributed by atoms with van der Waals surface area (Å²) in [5.41, 5.74) is 1.48.